The van der Waals surface area contributed by atoms with Crippen molar-refractivity contribution in [2.45, 2.75) is 72.4 Å². The van der Waals surface area contributed by atoms with E-state index in [1.165, 1.54) is 19.3 Å². The molecule has 2 N–H and O–H groups in total. The fraction of sp³-hybridized carbons (Fsp3) is 1.00. The van der Waals surface area contributed by atoms with Crippen molar-refractivity contribution >= 4 is 0 Å². The van der Waals surface area contributed by atoms with Crippen molar-refractivity contribution in [1.82, 2.24) is 10.9 Å². The Morgan fingerprint density at radius 3 is 2.14 bits per heavy atom. The Balaban J connectivity index is 3.80. The SMILES string of the molecule is CCCC(C)(C)NNC(C)C(C)CC. The Morgan fingerprint density at radius 2 is 1.71 bits per heavy atom. The molecular formula is C12H28N2. The van der Waals surface area contributed by atoms with Gasteiger partial charge < -0.3 is 0 Å². The van der Waals surface area contributed by atoms with Gasteiger partial charge in [0.15, 0.2) is 0 Å². The second-order valence-corrected chi connectivity index (χ2v) is 5.08. The van der Waals surface area contributed by atoms with Crippen LogP contribution < -0.4 is 10.9 Å². The molecule has 0 aromatic heterocycles. The van der Waals surface area contributed by atoms with Crippen LogP contribution in [-0.4, -0.2) is 11.6 Å². The normalized spacial score (nSPS) is 16.7. The van der Waals surface area contributed by atoms with Crippen molar-refractivity contribution < 1.29 is 0 Å². The zero-order valence-electron chi connectivity index (χ0n) is 10.8. The lowest BCUT2D eigenvalue weighted by atomic mass is 9.99. The quantitative estimate of drug-likeness (QED) is 0.617. The van der Waals surface area contributed by atoms with Gasteiger partial charge in [-0.1, -0.05) is 33.6 Å². The average molecular weight is 200 g/mol. The molecule has 2 atom stereocenters. The lowest BCUT2D eigenvalue weighted by molar-refractivity contribution is 0.253. The van der Waals surface area contributed by atoms with Gasteiger partial charge in [0.05, 0.1) is 0 Å². The fourth-order valence-electron chi connectivity index (χ4n) is 1.49. The van der Waals surface area contributed by atoms with Crippen LogP contribution in [0.3, 0.4) is 0 Å². The maximum absolute atomic E-state index is 3.42. The molecule has 0 aliphatic heterocycles. The van der Waals surface area contributed by atoms with E-state index in [0.29, 0.717) is 6.04 Å². The molecule has 0 amide bonds. The van der Waals surface area contributed by atoms with E-state index in [0.717, 1.165) is 5.92 Å². The van der Waals surface area contributed by atoms with Crippen LogP contribution in [0, 0.1) is 5.92 Å². The fourth-order valence-corrected chi connectivity index (χ4v) is 1.49. The molecule has 0 aromatic carbocycles. The molecule has 2 unspecified atom stereocenters. The molecular weight excluding hydrogens is 172 g/mol. The van der Waals surface area contributed by atoms with E-state index >= 15 is 0 Å². The topological polar surface area (TPSA) is 24.1 Å². The molecule has 14 heavy (non-hydrogen) atoms. The van der Waals surface area contributed by atoms with Gasteiger partial charge in [0, 0.05) is 11.6 Å². The molecule has 0 aromatic rings. The number of hydrogen-bond acceptors (Lipinski definition) is 2. The number of rotatable bonds is 7. The van der Waals surface area contributed by atoms with E-state index in [9.17, 15) is 0 Å². The highest BCUT2D eigenvalue weighted by Gasteiger charge is 2.17. The molecule has 0 aliphatic rings. The van der Waals surface area contributed by atoms with E-state index in [-0.39, 0.29) is 5.54 Å². The van der Waals surface area contributed by atoms with Crippen LogP contribution in [0.2, 0.25) is 0 Å². The zero-order chi connectivity index (χ0) is 11.2. The molecule has 86 valence electrons. The largest absolute Gasteiger partial charge is 0.254 e. The molecule has 0 fully saturated rings. The van der Waals surface area contributed by atoms with Crippen LogP contribution >= 0.6 is 0 Å². The third-order valence-corrected chi connectivity index (χ3v) is 3.01. The predicted octanol–water partition coefficient (Wildman–Crippen LogP) is 3.09. The Kier molecular flexibility index (Phi) is 6.38. The summed E-state index contributed by atoms with van der Waals surface area (Å²) in [5, 5.41) is 0. The summed E-state index contributed by atoms with van der Waals surface area (Å²) < 4.78 is 0. The minimum atomic E-state index is 0.205. The summed E-state index contributed by atoms with van der Waals surface area (Å²) in [6.07, 6.45) is 3.65. The Labute approximate surface area is 89.8 Å². The van der Waals surface area contributed by atoms with Gasteiger partial charge in [0.25, 0.3) is 0 Å². The highest BCUT2D eigenvalue weighted by molar-refractivity contribution is 4.76. The molecule has 0 heterocycles. The van der Waals surface area contributed by atoms with Gasteiger partial charge in [-0.05, 0) is 33.1 Å². The Morgan fingerprint density at radius 1 is 1.14 bits per heavy atom. The van der Waals surface area contributed by atoms with Crippen LogP contribution in [0.5, 0.6) is 0 Å². The van der Waals surface area contributed by atoms with Crippen LogP contribution in [-0.2, 0) is 0 Å². The maximum Gasteiger partial charge on any atom is 0.0267 e. The minimum Gasteiger partial charge on any atom is -0.254 e. The Hall–Kier alpha value is -0.0800. The summed E-state index contributed by atoms with van der Waals surface area (Å²) in [7, 11) is 0. The molecule has 2 nitrogen and oxygen atoms in total. The first-order valence-electron chi connectivity index (χ1n) is 5.95. The van der Waals surface area contributed by atoms with Crippen molar-refractivity contribution in [3.8, 4) is 0 Å². The molecule has 0 bridgehead atoms. The lowest BCUT2D eigenvalue weighted by Gasteiger charge is -2.30. The van der Waals surface area contributed by atoms with Crippen molar-refractivity contribution in [2.75, 3.05) is 0 Å². The molecule has 0 saturated carbocycles. The molecule has 0 saturated heterocycles. The minimum absolute atomic E-state index is 0.205. The zero-order valence-corrected chi connectivity index (χ0v) is 10.8. The molecule has 0 spiro atoms. The summed E-state index contributed by atoms with van der Waals surface area (Å²) in [6.45, 7) is 13.5. The highest BCUT2D eigenvalue weighted by atomic mass is 15.4. The first kappa shape index (κ1) is 13.9. The second-order valence-electron chi connectivity index (χ2n) is 5.08. The smallest absolute Gasteiger partial charge is 0.0267 e. The second kappa shape index (κ2) is 6.41. The first-order chi connectivity index (χ1) is 6.43. The van der Waals surface area contributed by atoms with E-state index in [4.69, 9.17) is 0 Å². The molecule has 0 aliphatic carbocycles. The van der Waals surface area contributed by atoms with Crippen LogP contribution in [0.25, 0.3) is 0 Å². The number of nitrogens with one attached hydrogen (secondary N) is 2. The summed E-state index contributed by atoms with van der Waals surface area (Å²) >= 11 is 0. The van der Waals surface area contributed by atoms with E-state index in [2.05, 4.69) is 52.4 Å². The monoisotopic (exact) mass is 200 g/mol. The number of hydrazine groups is 1. The standard InChI is InChI=1S/C12H28N2/c1-7-9-12(5,6)14-13-11(4)10(3)8-2/h10-11,13-14H,7-9H2,1-6H3. The summed E-state index contributed by atoms with van der Waals surface area (Å²) in [5.41, 5.74) is 7.04. The average Bonchev–Trinajstić information content (AvgIpc) is 2.13. The van der Waals surface area contributed by atoms with Gasteiger partial charge in [-0.25, -0.2) is 0 Å². The van der Waals surface area contributed by atoms with Gasteiger partial charge in [-0.3, -0.25) is 10.9 Å². The summed E-state index contributed by atoms with van der Waals surface area (Å²) in [5.74, 6) is 0.722. The predicted molar refractivity (Wildman–Crippen MR) is 64.2 cm³/mol. The van der Waals surface area contributed by atoms with Gasteiger partial charge in [0.1, 0.15) is 0 Å². The third-order valence-electron chi connectivity index (χ3n) is 3.01. The van der Waals surface area contributed by atoms with E-state index in [1.807, 2.05) is 0 Å². The summed E-state index contributed by atoms with van der Waals surface area (Å²) in [4.78, 5) is 0. The van der Waals surface area contributed by atoms with Gasteiger partial charge >= 0.3 is 0 Å². The highest BCUT2D eigenvalue weighted by Crippen LogP contribution is 2.11. The number of hydrogen-bond donors (Lipinski definition) is 2. The lowest BCUT2D eigenvalue weighted by Crippen LogP contribution is -2.52. The maximum atomic E-state index is 3.42. The Bertz CT molecular complexity index is 143. The molecule has 0 radical (unpaired) electrons. The van der Waals surface area contributed by atoms with Crippen LogP contribution in [0.15, 0.2) is 0 Å². The summed E-state index contributed by atoms with van der Waals surface area (Å²) in [6, 6.07) is 0.538. The first-order valence-corrected chi connectivity index (χ1v) is 5.95. The van der Waals surface area contributed by atoms with Crippen LogP contribution in [0.1, 0.15) is 60.8 Å². The van der Waals surface area contributed by atoms with Crippen molar-refractivity contribution in [2.24, 2.45) is 5.92 Å². The van der Waals surface area contributed by atoms with Crippen molar-refractivity contribution in [3.63, 3.8) is 0 Å². The van der Waals surface area contributed by atoms with Gasteiger partial charge in [-0.15, -0.1) is 0 Å². The molecule has 0 rings (SSSR count). The van der Waals surface area contributed by atoms with Crippen molar-refractivity contribution in [1.29, 1.82) is 0 Å². The van der Waals surface area contributed by atoms with E-state index in [1.54, 1.807) is 0 Å². The third kappa shape index (κ3) is 5.61. The van der Waals surface area contributed by atoms with E-state index < -0.39 is 0 Å². The van der Waals surface area contributed by atoms with Crippen molar-refractivity contribution in [3.05, 3.63) is 0 Å². The molecule has 2 heteroatoms. The van der Waals surface area contributed by atoms with Crippen LogP contribution in [0.4, 0.5) is 0 Å². The van der Waals surface area contributed by atoms with Gasteiger partial charge in [-0.2, -0.15) is 0 Å². The van der Waals surface area contributed by atoms with Gasteiger partial charge in [0.2, 0.25) is 0 Å².